The average molecular weight is 379 g/mol. The number of carbonyl (C=O) groups excluding carboxylic acids is 2. The van der Waals surface area contributed by atoms with Gasteiger partial charge in [-0.3, -0.25) is 19.6 Å². The molecule has 2 aromatic rings. The standard InChI is InChI=1S/C21H25N5O2/c1-13-6-4-11-18(22-13)26-17-10-3-2-9-16(17)25(12-19(26)27)21(28)20-14-7-5-8-15(14)23-24-20/h4,6,11,16-17H,2-3,5,7-10,12H2,1H3,(H,23,24)/t16-,17-/m0/s1. The first kappa shape index (κ1) is 17.4. The fourth-order valence-electron chi connectivity index (χ4n) is 5.10. The molecule has 3 heterocycles. The van der Waals surface area contributed by atoms with E-state index >= 15 is 0 Å². The Morgan fingerprint density at radius 3 is 2.79 bits per heavy atom. The number of aryl methyl sites for hydroxylation is 2. The highest BCUT2D eigenvalue weighted by Gasteiger charge is 2.45. The predicted molar refractivity (Wildman–Crippen MR) is 104 cm³/mol. The van der Waals surface area contributed by atoms with E-state index in [0.717, 1.165) is 61.9 Å². The lowest BCUT2D eigenvalue weighted by Crippen LogP contribution is -2.65. The molecule has 2 fully saturated rings. The maximum absolute atomic E-state index is 13.4. The highest BCUT2D eigenvalue weighted by molar-refractivity contribution is 6.02. The topological polar surface area (TPSA) is 82.2 Å². The normalized spacial score (nSPS) is 24.2. The number of anilines is 1. The van der Waals surface area contributed by atoms with Crippen LogP contribution < -0.4 is 4.90 Å². The molecule has 1 saturated heterocycles. The Balaban J connectivity index is 1.48. The van der Waals surface area contributed by atoms with Crippen molar-refractivity contribution in [3.63, 3.8) is 0 Å². The SMILES string of the molecule is Cc1cccc(N2C(=O)CN(C(=O)c3n[nH]c4c3CCC4)[C@H]3CCCC[C@@H]32)n1. The van der Waals surface area contributed by atoms with Crippen LogP contribution in [0.4, 0.5) is 5.82 Å². The van der Waals surface area contributed by atoms with E-state index in [1.165, 1.54) is 0 Å². The largest absolute Gasteiger partial charge is 0.323 e. The number of fused-ring (bicyclic) bond motifs is 2. The van der Waals surface area contributed by atoms with Crippen LogP contribution in [-0.2, 0) is 17.6 Å². The molecule has 0 bridgehead atoms. The summed E-state index contributed by atoms with van der Waals surface area (Å²) in [6.07, 6.45) is 6.86. The highest BCUT2D eigenvalue weighted by Crippen LogP contribution is 2.35. The molecule has 5 rings (SSSR count). The molecule has 2 aromatic heterocycles. The van der Waals surface area contributed by atoms with Gasteiger partial charge in [0.05, 0.1) is 12.1 Å². The van der Waals surface area contributed by atoms with Gasteiger partial charge in [0.15, 0.2) is 5.69 Å². The van der Waals surface area contributed by atoms with Crippen LogP contribution in [0.5, 0.6) is 0 Å². The van der Waals surface area contributed by atoms with E-state index in [2.05, 4.69) is 15.2 Å². The molecular weight excluding hydrogens is 354 g/mol. The lowest BCUT2D eigenvalue weighted by molar-refractivity contribution is -0.123. The molecule has 0 aromatic carbocycles. The summed E-state index contributed by atoms with van der Waals surface area (Å²) in [6.45, 7) is 2.03. The van der Waals surface area contributed by atoms with Crippen LogP contribution in [0.3, 0.4) is 0 Å². The minimum atomic E-state index is -0.0958. The van der Waals surface area contributed by atoms with E-state index in [1.807, 2.05) is 30.0 Å². The highest BCUT2D eigenvalue weighted by atomic mass is 16.2. The fraction of sp³-hybridized carbons (Fsp3) is 0.524. The van der Waals surface area contributed by atoms with Gasteiger partial charge in [-0.05, 0) is 51.2 Å². The molecular formula is C21H25N5O2. The van der Waals surface area contributed by atoms with Crippen molar-refractivity contribution in [2.45, 2.75) is 64.0 Å². The zero-order valence-electron chi connectivity index (χ0n) is 16.1. The second kappa shape index (κ2) is 6.72. The van der Waals surface area contributed by atoms with Crippen molar-refractivity contribution >= 4 is 17.6 Å². The fourth-order valence-corrected chi connectivity index (χ4v) is 5.10. The van der Waals surface area contributed by atoms with Crippen molar-refractivity contribution in [1.82, 2.24) is 20.1 Å². The molecule has 146 valence electrons. The van der Waals surface area contributed by atoms with Gasteiger partial charge in [-0.1, -0.05) is 18.9 Å². The van der Waals surface area contributed by atoms with E-state index in [1.54, 1.807) is 4.90 Å². The second-order valence-corrected chi connectivity index (χ2v) is 8.14. The maximum Gasteiger partial charge on any atom is 0.275 e. The van der Waals surface area contributed by atoms with Gasteiger partial charge in [-0.25, -0.2) is 4.98 Å². The number of nitrogens with zero attached hydrogens (tertiary/aromatic N) is 4. The Bertz CT molecular complexity index is 937. The number of H-pyrrole nitrogens is 1. The van der Waals surface area contributed by atoms with Gasteiger partial charge in [0, 0.05) is 17.0 Å². The van der Waals surface area contributed by atoms with Crippen LogP contribution in [0.25, 0.3) is 0 Å². The Morgan fingerprint density at radius 1 is 1.14 bits per heavy atom. The van der Waals surface area contributed by atoms with Crippen LogP contribution in [0.15, 0.2) is 18.2 Å². The van der Waals surface area contributed by atoms with Crippen molar-refractivity contribution in [3.8, 4) is 0 Å². The van der Waals surface area contributed by atoms with Crippen LogP contribution >= 0.6 is 0 Å². The van der Waals surface area contributed by atoms with E-state index in [4.69, 9.17) is 0 Å². The molecule has 7 heteroatoms. The minimum absolute atomic E-state index is 0.0137. The third-order valence-electron chi connectivity index (χ3n) is 6.39. The molecule has 0 spiro atoms. The monoisotopic (exact) mass is 379 g/mol. The van der Waals surface area contributed by atoms with Crippen LogP contribution in [-0.4, -0.2) is 50.5 Å². The second-order valence-electron chi connectivity index (χ2n) is 8.14. The van der Waals surface area contributed by atoms with Crippen LogP contribution in [0.2, 0.25) is 0 Å². The molecule has 2 aliphatic carbocycles. The summed E-state index contributed by atoms with van der Waals surface area (Å²) in [6, 6.07) is 5.78. The quantitative estimate of drug-likeness (QED) is 0.869. The number of hydrogen-bond acceptors (Lipinski definition) is 4. The van der Waals surface area contributed by atoms with Gasteiger partial charge in [0.2, 0.25) is 5.91 Å². The summed E-state index contributed by atoms with van der Waals surface area (Å²) < 4.78 is 0. The number of piperazine rings is 1. The van der Waals surface area contributed by atoms with Gasteiger partial charge >= 0.3 is 0 Å². The van der Waals surface area contributed by atoms with Gasteiger partial charge in [-0.15, -0.1) is 0 Å². The summed E-state index contributed by atoms with van der Waals surface area (Å²) in [7, 11) is 0. The molecule has 1 aliphatic heterocycles. The lowest BCUT2D eigenvalue weighted by Gasteiger charge is -2.48. The number of aromatic nitrogens is 3. The van der Waals surface area contributed by atoms with Crippen molar-refractivity contribution in [3.05, 3.63) is 40.8 Å². The lowest BCUT2D eigenvalue weighted by atomic mass is 9.85. The van der Waals surface area contributed by atoms with E-state index in [0.29, 0.717) is 11.5 Å². The Kier molecular flexibility index (Phi) is 4.18. The number of amides is 2. The summed E-state index contributed by atoms with van der Waals surface area (Å²) in [5.41, 5.74) is 3.54. The number of hydrogen-bond donors (Lipinski definition) is 1. The molecule has 2 amide bonds. The molecule has 1 N–H and O–H groups in total. The number of carbonyl (C=O) groups is 2. The number of nitrogens with one attached hydrogen (secondary N) is 1. The number of aromatic amines is 1. The zero-order chi connectivity index (χ0) is 19.3. The third kappa shape index (κ3) is 2.72. The Morgan fingerprint density at radius 2 is 1.96 bits per heavy atom. The maximum atomic E-state index is 13.4. The third-order valence-corrected chi connectivity index (χ3v) is 6.39. The summed E-state index contributed by atoms with van der Waals surface area (Å²) in [4.78, 5) is 34.7. The molecule has 7 nitrogen and oxygen atoms in total. The summed E-state index contributed by atoms with van der Waals surface area (Å²) in [5.74, 6) is 0.554. The molecule has 1 saturated carbocycles. The summed E-state index contributed by atoms with van der Waals surface area (Å²) in [5, 5.41) is 7.34. The molecule has 0 unspecified atom stereocenters. The molecule has 0 radical (unpaired) electrons. The molecule has 3 aliphatic rings. The number of rotatable bonds is 2. The van der Waals surface area contributed by atoms with E-state index in [9.17, 15) is 9.59 Å². The molecule has 28 heavy (non-hydrogen) atoms. The predicted octanol–water partition coefficient (Wildman–Crippen LogP) is 2.40. The number of pyridine rings is 1. The zero-order valence-corrected chi connectivity index (χ0v) is 16.1. The summed E-state index contributed by atoms with van der Waals surface area (Å²) >= 11 is 0. The van der Waals surface area contributed by atoms with Gasteiger partial charge in [0.25, 0.3) is 5.91 Å². The van der Waals surface area contributed by atoms with Gasteiger partial charge < -0.3 is 4.90 Å². The Hall–Kier alpha value is -2.70. The average Bonchev–Trinajstić information content (AvgIpc) is 3.30. The van der Waals surface area contributed by atoms with Gasteiger partial charge in [-0.2, -0.15) is 5.10 Å². The van der Waals surface area contributed by atoms with Crippen molar-refractivity contribution in [1.29, 1.82) is 0 Å². The van der Waals surface area contributed by atoms with Crippen LogP contribution in [0, 0.1) is 6.92 Å². The first-order valence-electron chi connectivity index (χ1n) is 10.3. The molecule has 2 atom stereocenters. The van der Waals surface area contributed by atoms with E-state index in [-0.39, 0.29) is 30.4 Å². The van der Waals surface area contributed by atoms with Gasteiger partial charge in [0.1, 0.15) is 12.4 Å². The minimum Gasteiger partial charge on any atom is -0.323 e. The van der Waals surface area contributed by atoms with Crippen molar-refractivity contribution in [2.24, 2.45) is 0 Å². The van der Waals surface area contributed by atoms with E-state index < -0.39 is 0 Å². The Labute approximate surface area is 164 Å². The first-order chi connectivity index (χ1) is 13.6. The van der Waals surface area contributed by atoms with Crippen LogP contribution in [0.1, 0.15) is 59.5 Å². The van der Waals surface area contributed by atoms with Crippen molar-refractivity contribution in [2.75, 3.05) is 11.4 Å². The first-order valence-corrected chi connectivity index (χ1v) is 10.3. The smallest absolute Gasteiger partial charge is 0.275 e. The van der Waals surface area contributed by atoms with Crippen molar-refractivity contribution < 1.29 is 9.59 Å².